The molecule has 0 aliphatic carbocycles. The molecule has 2 aromatic rings. The van der Waals surface area contributed by atoms with Crippen molar-refractivity contribution >= 4 is 23.9 Å². The van der Waals surface area contributed by atoms with Crippen molar-refractivity contribution < 1.29 is 44.3 Å². The Bertz CT molecular complexity index is 929. The Kier molecular flexibility index (Phi) is 8.45. The molecule has 166 valence electrons. The number of benzene rings is 2. The van der Waals surface area contributed by atoms with Crippen molar-refractivity contribution in [3.05, 3.63) is 69.8 Å². The molecule has 0 bridgehead atoms. The van der Waals surface area contributed by atoms with E-state index in [0.29, 0.717) is 0 Å². The SMILES string of the molecule is Cc1ccc(C(=O)OC(C(=O)O)C(OC(=O)c2ccc(C)c(C)c2)C(=O)O)cc1C.O. The summed E-state index contributed by atoms with van der Waals surface area (Å²) in [5.41, 5.74) is 3.46. The van der Waals surface area contributed by atoms with Gasteiger partial charge >= 0.3 is 23.9 Å². The third-order valence-electron chi connectivity index (χ3n) is 4.71. The van der Waals surface area contributed by atoms with Gasteiger partial charge in [-0.3, -0.25) is 0 Å². The molecule has 0 spiro atoms. The molecule has 2 rings (SSSR count). The lowest BCUT2D eigenvalue weighted by atomic mass is 10.1. The second-order valence-electron chi connectivity index (χ2n) is 6.93. The van der Waals surface area contributed by atoms with Crippen molar-refractivity contribution in [2.24, 2.45) is 0 Å². The van der Waals surface area contributed by atoms with Crippen molar-refractivity contribution in [2.75, 3.05) is 0 Å². The molecule has 0 saturated heterocycles. The summed E-state index contributed by atoms with van der Waals surface area (Å²) >= 11 is 0. The lowest BCUT2D eigenvalue weighted by molar-refractivity contribution is -0.166. The maximum Gasteiger partial charge on any atom is 0.349 e. The van der Waals surface area contributed by atoms with Gasteiger partial charge in [-0.25, -0.2) is 19.2 Å². The number of carbonyl (C=O) groups is 4. The number of esters is 2. The Morgan fingerprint density at radius 2 is 0.968 bits per heavy atom. The fourth-order valence-corrected chi connectivity index (χ4v) is 2.59. The molecule has 0 aromatic heterocycles. The van der Waals surface area contributed by atoms with Gasteiger partial charge in [-0.05, 0) is 74.2 Å². The third kappa shape index (κ3) is 6.13. The van der Waals surface area contributed by atoms with Gasteiger partial charge < -0.3 is 25.2 Å². The fraction of sp³-hybridized carbons (Fsp3) is 0.273. The molecule has 31 heavy (non-hydrogen) atoms. The van der Waals surface area contributed by atoms with Crippen LogP contribution in [0, 0.1) is 27.7 Å². The number of aliphatic carboxylic acids is 2. The summed E-state index contributed by atoms with van der Waals surface area (Å²) < 4.78 is 9.80. The molecule has 0 aliphatic rings. The van der Waals surface area contributed by atoms with E-state index in [-0.39, 0.29) is 16.6 Å². The summed E-state index contributed by atoms with van der Waals surface area (Å²) in [6.45, 7) is 7.17. The maximum atomic E-state index is 12.4. The van der Waals surface area contributed by atoms with E-state index in [1.807, 2.05) is 13.8 Å². The van der Waals surface area contributed by atoms with Crippen LogP contribution in [-0.4, -0.2) is 51.8 Å². The van der Waals surface area contributed by atoms with E-state index in [0.717, 1.165) is 22.3 Å². The molecule has 0 fully saturated rings. The zero-order valence-corrected chi connectivity index (χ0v) is 17.5. The zero-order chi connectivity index (χ0) is 22.6. The van der Waals surface area contributed by atoms with Crippen LogP contribution in [0.4, 0.5) is 0 Å². The minimum Gasteiger partial charge on any atom is -0.478 e. The lowest BCUT2D eigenvalue weighted by Crippen LogP contribution is -2.45. The van der Waals surface area contributed by atoms with Gasteiger partial charge in [-0.2, -0.15) is 0 Å². The summed E-state index contributed by atoms with van der Waals surface area (Å²) in [6.07, 6.45) is -4.46. The van der Waals surface area contributed by atoms with Gasteiger partial charge in [-0.1, -0.05) is 12.1 Å². The summed E-state index contributed by atoms with van der Waals surface area (Å²) in [7, 11) is 0. The smallest absolute Gasteiger partial charge is 0.349 e. The minimum atomic E-state index is -2.23. The Balaban J connectivity index is 0.00000480. The van der Waals surface area contributed by atoms with Crippen LogP contribution < -0.4 is 0 Å². The first-order chi connectivity index (χ1) is 14.0. The molecule has 0 aliphatic heterocycles. The van der Waals surface area contributed by atoms with Crippen molar-refractivity contribution in [3.8, 4) is 0 Å². The number of carboxylic acids is 2. The zero-order valence-electron chi connectivity index (χ0n) is 17.5. The van der Waals surface area contributed by atoms with E-state index < -0.39 is 36.1 Å². The van der Waals surface area contributed by atoms with Crippen LogP contribution in [0.25, 0.3) is 0 Å². The molecule has 9 nitrogen and oxygen atoms in total. The molecule has 2 atom stereocenters. The van der Waals surface area contributed by atoms with Crippen LogP contribution in [0.15, 0.2) is 36.4 Å². The molecule has 2 unspecified atom stereocenters. The molecule has 4 N–H and O–H groups in total. The highest BCUT2D eigenvalue weighted by Crippen LogP contribution is 2.17. The van der Waals surface area contributed by atoms with Gasteiger partial charge in [-0.15, -0.1) is 0 Å². The summed E-state index contributed by atoms with van der Waals surface area (Å²) in [5, 5.41) is 18.8. The van der Waals surface area contributed by atoms with Crippen molar-refractivity contribution in [2.45, 2.75) is 39.9 Å². The molecule has 0 saturated carbocycles. The maximum absolute atomic E-state index is 12.4. The number of hydrogen-bond donors (Lipinski definition) is 2. The summed E-state index contributed by atoms with van der Waals surface area (Å²) in [4.78, 5) is 48.0. The van der Waals surface area contributed by atoms with E-state index in [9.17, 15) is 29.4 Å². The van der Waals surface area contributed by atoms with Gasteiger partial charge in [0.25, 0.3) is 0 Å². The number of rotatable bonds is 7. The first kappa shape index (κ1) is 25.3. The molecular formula is C22H24O9. The van der Waals surface area contributed by atoms with Gasteiger partial charge in [0.2, 0.25) is 12.2 Å². The van der Waals surface area contributed by atoms with E-state index in [1.54, 1.807) is 26.0 Å². The van der Waals surface area contributed by atoms with Crippen LogP contribution in [0.3, 0.4) is 0 Å². The topological polar surface area (TPSA) is 159 Å². The van der Waals surface area contributed by atoms with Crippen LogP contribution in [0.1, 0.15) is 43.0 Å². The number of ether oxygens (including phenoxy) is 2. The molecule has 9 heteroatoms. The first-order valence-corrected chi connectivity index (χ1v) is 9.03. The number of hydrogen-bond acceptors (Lipinski definition) is 6. The molecule has 0 heterocycles. The van der Waals surface area contributed by atoms with Crippen molar-refractivity contribution in [1.82, 2.24) is 0 Å². The average Bonchev–Trinajstić information content (AvgIpc) is 2.67. The highest BCUT2D eigenvalue weighted by Gasteiger charge is 2.41. The highest BCUT2D eigenvalue weighted by atomic mass is 16.6. The predicted molar refractivity (Wildman–Crippen MR) is 109 cm³/mol. The first-order valence-electron chi connectivity index (χ1n) is 9.03. The molecule has 0 amide bonds. The van der Waals surface area contributed by atoms with Crippen molar-refractivity contribution in [1.29, 1.82) is 0 Å². The molecule has 2 aromatic carbocycles. The number of carbonyl (C=O) groups excluding carboxylic acids is 2. The van der Waals surface area contributed by atoms with Gasteiger partial charge in [0.15, 0.2) is 0 Å². The van der Waals surface area contributed by atoms with Gasteiger partial charge in [0.1, 0.15) is 0 Å². The van der Waals surface area contributed by atoms with E-state index >= 15 is 0 Å². The second-order valence-corrected chi connectivity index (χ2v) is 6.93. The van der Waals surface area contributed by atoms with E-state index in [2.05, 4.69) is 0 Å². The van der Waals surface area contributed by atoms with Crippen molar-refractivity contribution in [3.63, 3.8) is 0 Å². The number of carboxylic acid groups (broad SMARTS) is 2. The Morgan fingerprint density at radius 3 is 1.23 bits per heavy atom. The standard InChI is InChI=1S/C22H22O8.H2O/c1-11-5-7-15(9-13(11)3)21(27)29-17(19(23)24)18(20(25)26)30-22(28)16-8-6-12(2)14(4)10-16;/h5-10,17-18H,1-4H3,(H,23,24)(H,25,26);1H2. The Morgan fingerprint density at radius 1 is 0.645 bits per heavy atom. The third-order valence-corrected chi connectivity index (χ3v) is 4.71. The largest absolute Gasteiger partial charge is 0.478 e. The average molecular weight is 432 g/mol. The highest BCUT2D eigenvalue weighted by molar-refractivity contribution is 5.95. The van der Waals surface area contributed by atoms with Crippen LogP contribution in [0.2, 0.25) is 0 Å². The van der Waals surface area contributed by atoms with Crippen LogP contribution in [-0.2, 0) is 19.1 Å². The van der Waals surface area contributed by atoms with Gasteiger partial charge in [0.05, 0.1) is 11.1 Å². The lowest BCUT2D eigenvalue weighted by Gasteiger charge is -2.21. The quantitative estimate of drug-likeness (QED) is 0.629. The van der Waals surface area contributed by atoms with Crippen LogP contribution in [0.5, 0.6) is 0 Å². The molecule has 0 radical (unpaired) electrons. The van der Waals surface area contributed by atoms with Crippen LogP contribution >= 0.6 is 0 Å². The monoisotopic (exact) mass is 432 g/mol. The second kappa shape index (κ2) is 10.4. The normalized spacial score (nSPS) is 12.1. The number of aryl methyl sites for hydroxylation is 4. The Labute approximate surface area is 178 Å². The Hall–Kier alpha value is -3.72. The predicted octanol–water partition coefficient (Wildman–Crippen LogP) is 2.02. The minimum absolute atomic E-state index is 0. The van der Waals surface area contributed by atoms with Gasteiger partial charge in [0, 0.05) is 0 Å². The summed E-state index contributed by atoms with van der Waals surface area (Å²) in [6, 6.07) is 9.15. The van der Waals surface area contributed by atoms with E-state index in [4.69, 9.17) is 9.47 Å². The molecular weight excluding hydrogens is 408 g/mol. The fourth-order valence-electron chi connectivity index (χ4n) is 2.59. The summed E-state index contributed by atoms with van der Waals surface area (Å²) in [5.74, 6) is -5.60. The van der Waals surface area contributed by atoms with E-state index in [1.165, 1.54) is 24.3 Å².